The van der Waals surface area contributed by atoms with Gasteiger partial charge in [0.05, 0.1) is 16.8 Å². The Hall–Kier alpha value is -0.180. The summed E-state index contributed by atoms with van der Waals surface area (Å²) in [5, 5.41) is 2.69. The van der Waals surface area contributed by atoms with Gasteiger partial charge >= 0.3 is 0 Å². The number of hydrogen-bond acceptors (Lipinski definition) is 5. The first-order valence-corrected chi connectivity index (χ1v) is 9.99. The second-order valence-electron chi connectivity index (χ2n) is 5.61. The Morgan fingerprint density at radius 3 is 2.53 bits per heavy atom. The summed E-state index contributed by atoms with van der Waals surface area (Å²) in [6.07, 6.45) is 2.23. The lowest BCUT2D eigenvalue weighted by atomic mass is 10.4. The maximum atomic E-state index is 12.4. The molecule has 1 N–H and O–H groups in total. The third-order valence-electron chi connectivity index (χ3n) is 3.72. The third-order valence-corrected chi connectivity index (χ3v) is 7.89. The van der Waals surface area contributed by atoms with Crippen molar-refractivity contribution in [2.45, 2.75) is 44.0 Å². The Bertz CT molecular complexity index is 525. The van der Waals surface area contributed by atoms with Gasteiger partial charge in [0.25, 0.3) is 0 Å². The van der Waals surface area contributed by atoms with Gasteiger partial charge in [-0.25, -0.2) is 16.8 Å². The van der Waals surface area contributed by atoms with Gasteiger partial charge in [0.15, 0.2) is 9.84 Å². The van der Waals surface area contributed by atoms with Gasteiger partial charge in [0.2, 0.25) is 10.0 Å². The van der Waals surface area contributed by atoms with Crippen LogP contribution in [0.25, 0.3) is 0 Å². The van der Waals surface area contributed by atoms with Crippen LogP contribution in [0.2, 0.25) is 0 Å². The van der Waals surface area contributed by atoms with Crippen molar-refractivity contribution in [3.8, 4) is 0 Å². The molecule has 19 heavy (non-hydrogen) atoms. The van der Waals surface area contributed by atoms with Crippen molar-refractivity contribution in [3.05, 3.63) is 0 Å². The molecule has 2 fully saturated rings. The van der Waals surface area contributed by atoms with Crippen molar-refractivity contribution in [1.29, 1.82) is 0 Å². The number of sulfonamides is 1. The zero-order valence-corrected chi connectivity index (χ0v) is 13.0. The average molecular weight is 310 g/mol. The number of hydrogen-bond donors (Lipinski definition) is 1. The van der Waals surface area contributed by atoms with Crippen LogP contribution in [0.15, 0.2) is 0 Å². The van der Waals surface area contributed by atoms with Crippen LogP contribution in [-0.2, 0) is 19.9 Å². The van der Waals surface area contributed by atoms with Crippen molar-refractivity contribution in [3.63, 3.8) is 0 Å². The number of rotatable bonds is 5. The molecule has 1 aliphatic carbocycles. The van der Waals surface area contributed by atoms with Crippen LogP contribution in [0, 0.1) is 0 Å². The molecule has 2 unspecified atom stereocenters. The molecule has 0 aromatic carbocycles. The fraction of sp³-hybridized carbons (Fsp3) is 1.00. The van der Waals surface area contributed by atoms with Gasteiger partial charge in [0, 0.05) is 25.2 Å². The van der Waals surface area contributed by atoms with E-state index in [4.69, 9.17) is 0 Å². The van der Waals surface area contributed by atoms with Crippen molar-refractivity contribution >= 4 is 19.9 Å². The van der Waals surface area contributed by atoms with Gasteiger partial charge in [-0.3, -0.25) is 0 Å². The molecule has 0 aromatic heterocycles. The molecule has 112 valence electrons. The summed E-state index contributed by atoms with van der Waals surface area (Å²) in [7, 11) is -6.51. The monoisotopic (exact) mass is 310 g/mol. The third kappa shape index (κ3) is 3.68. The Labute approximate surface area is 115 Å². The summed E-state index contributed by atoms with van der Waals surface area (Å²) in [6.45, 7) is 3.86. The van der Waals surface area contributed by atoms with E-state index in [2.05, 4.69) is 5.32 Å². The lowest BCUT2D eigenvalue weighted by molar-refractivity contribution is 0.351. The van der Waals surface area contributed by atoms with E-state index in [1.54, 1.807) is 13.8 Å². The first-order chi connectivity index (χ1) is 8.72. The van der Waals surface area contributed by atoms with E-state index in [9.17, 15) is 16.8 Å². The van der Waals surface area contributed by atoms with Gasteiger partial charge < -0.3 is 5.32 Å². The molecule has 1 heterocycles. The normalized spacial score (nSPS) is 30.1. The summed E-state index contributed by atoms with van der Waals surface area (Å²) >= 11 is 0. The van der Waals surface area contributed by atoms with Gasteiger partial charge in [-0.15, -0.1) is 0 Å². The van der Waals surface area contributed by atoms with Crippen molar-refractivity contribution in [1.82, 2.24) is 9.62 Å². The average Bonchev–Trinajstić information content (AvgIpc) is 3.07. The van der Waals surface area contributed by atoms with Crippen molar-refractivity contribution < 1.29 is 16.8 Å². The molecule has 0 amide bonds. The van der Waals surface area contributed by atoms with Crippen molar-refractivity contribution in [2.24, 2.45) is 0 Å². The highest BCUT2D eigenvalue weighted by atomic mass is 32.2. The molecule has 2 aliphatic rings. The highest BCUT2D eigenvalue weighted by molar-refractivity contribution is 7.92. The summed E-state index contributed by atoms with van der Waals surface area (Å²) in [6, 6.07) is 0.00364. The lowest BCUT2D eigenvalue weighted by Gasteiger charge is -2.34. The predicted octanol–water partition coefficient (Wildman–Crippen LogP) is -0.424. The fourth-order valence-corrected chi connectivity index (χ4v) is 5.78. The maximum Gasteiger partial charge on any atom is 0.218 e. The molecular weight excluding hydrogens is 288 g/mol. The van der Waals surface area contributed by atoms with E-state index in [-0.39, 0.29) is 18.1 Å². The predicted molar refractivity (Wildman–Crippen MR) is 74.2 cm³/mol. The molecule has 1 saturated carbocycles. The van der Waals surface area contributed by atoms with E-state index in [0.29, 0.717) is 12.6 Å². The van der Waals surface area contributed by atoms with Crippen LogP contribution < -0.4 is 5.32 Å². The summed E-state index contributed by atoms with van der Waals surface area (Å²) < 4.78 is 49.2. The molecule has 0 spiro atoms. The second kappa shape index (κ2) is 5.31. The zero-order valence-electron chi connectivity index (χ0n) is 11.4. The van der Waals surface area contributed by atoms with Crippen LogP contribution in [0.3, 0.4) is 0 Å². The Balaban J connectivity index is 2.01. The number of nitrogens with one attached hydrogen (secondary N) is 1. The molecule has 2 rings (SSSR count). The quantitative estimate of drug-likeness (QED) is 0.745. The Morgan fingerprint density at radius 2 is 2.00 bits per heavy atom. The number of nitrogens with zero attached hydrogens (tertiary/aromatic N) is 1. The van der Waals surface area contributed by atoms with Crippen LogP contribution >= 0.6 is 0 Å². The Kier molecular flexibility index (Phi) is 4.25. The molecular formula is C11H22N2O4S2. The molecule has 8 heteroatoms. The molecule has 6 nitrogen and oxygen atoms in total. The second-order valence-corrected chi connectivity index (χ2v) is 10.1. The van der Waals surface area contributed by atoms with Gasteiger partial charge in [-0.1, -0.05) is 0 Å². The molecule has 0 radical (unpaired) electrons. The fourth-order valence-electron chi connectivity index (χ4n) is 2.32. The van der Waals surface area contributed by atoms with E-state index >= 15 is 0 Å². The minimum atomic E-state index is -3.42. The first kappa shape index (κ1) is 15.2. The summed E-state index contributed by atoms with van der Waals surface area (Å²) in [5.41, 5.74) is 0. The lowest BCUT2D eigenvalue weighted by Crippen LogP contribution is -2.53. The van der Waals surface area contributed by atoms with Crippen LogP contribution in [0.4, 0.5) is 0 Å². The molecule has 0 bridgehead atoms. The van der Waals surface area contributed by atoms with E-state index in [1.807, 2.05) is 0 Å². The SMILES string of the molecule is CC1CS(=O)(=O)CCN1S(=O)(=O)C(C)CNC1CC1. The summed E-state index contributed by atoms with van der Waals surface area (Å²) in [5.74, 6) is -0.144. The minimum absolute atomic E-state index is 0.0701. The highest BCUT2D eigenvalue weighted by Gasteiger charge is 2.38. The van der Waals surface area contributed by atoms with Crippen LogP contribution in [0.5, 0.6) is 0 Å². The van der Waals surface area contributed by atoms with E-state index in [1.165, 1.54) is 4.31 Å². The maximum absolute atomic E-state index is 12.4. The molecule has 1 saturated heterocycles. The topological polar surface area (TPSA) is 83.6 Å². The van der Waals surface area contributed by atoms with Gasteiger partial charge in [0.1, 0.15) is 0 Å². The standard InChI is InChI=1S/C11H22N2O4S2/c1-9-8-18(14,15)6-5-13(9)19(16,17)10(2)7-12-11-3-4-11/h9-12H,3-8H2,1-2H3. The highest BCUT2D eigenvalue weighted by Crippen LogP contribution is 2.21. The van der Waals surface area contributed by atoms with Gasteiger partial charge in [-0.2, -0.15) is 4.31 Å². The first-order valence-electron chi connectivity index (χ1n) is 6.67. The molecule has 0 aromatic rings. The largest absolute Gasteiger partial charge is 0.313 e. The summed E-state index contributed by atoms with van der Waals surface area (Å²) in [4.78, 5) is 0. The molecule has 2 atom stereocenters. The molecule has 1 aliphatic heterocycles. The zero-order chi connectivity index (χ0) is 14.3. The van der Waals surface area contributed by atoms with Crippen LogP contribution in [0.1, 0.15) is 26.7 Å². The smallest absolute Gasteiger partial charge is 0.218 e. The minimum Gasteiger partial charge on any atom is -0.313 e. The van der Waals surface area contributed by atoms with E-state index < -0.39 is 31.2 Å². The van der Waals surface area contributed by atoms with Crippen LogP contribution in [-0.4, -0.2) is 63.1 Å². The van der Waals surface area contributed by atoms with Crippen molar-refractivity contribution in [2.75, 3.05) is 24.6 Å². The van der Waals surface area contributed by atoms with E-state index in [0.717, 1.165) is 12.8 Å². The van der Waals surface area contributed by atoms with Gasteiger partial charge in [-0.05, 0) is 26.7 Å². The number of sulfone groups is 1. The Morgan fingerprint density at radius 1 is 1.37 bits per heavy atom.